The van der Waals surface area contributed by atoms with Crippen molar-refractivity contribution in [2.45, 2.75) is 32.3 Å². The van der Waals surface area contributed by atoms with Gasteiger partial charge in [-0.3, -0.25) is 0 Å². The first-order valence-electron chi connectivity index (χ1n) is 6.75. The number of hydrogen-bond donors (Lipinski definition) is 0. The Morgan fingerprint density at radius 1 is 1.33 bits per heavy atom. The first-order chi connectivity index (χ1) is 8.85. The summed E-state index contributed by atoms with van der Waals surface area (Å²) in [5.74, 6) is 2.03. The van der Waals surface area contributed by atoms with E-state index in [1.165, 1.54) is 5.56 Å². The molecule has 0 aliphatic carbocycles. The van der Waals surface area contributed by atoms with Gasteiger partial charge in [0.25, 0.3) is 0 Å². The largest absolute Gasteiger partial charge is 0.494 e. The van der Waals surface area contributed by atoms with Crippen LogP contribution < -0.4 is 4.74 Å². The molecule has 100 valence electrons. The maximum atomic E-state index is 6.02. The third-order valence-electron chi connectivity index (χ3n) is 3.32. The van der Waals surface area contributed by atoms with E-state index in [0.717, 1.165) is 38.2 Å². The van der Waals surface area contributed by atoms with E-state index in [-0.39, 0.29) is 6.10 Å². The average Bonchev–Trinajstić information content (AvgIpc) is 2.45. The Morgan fingerprint density at radius 2 is 2.11 bits per heavy atom. The highest BCUT2D eigenvalue weighted by atomic mass is 35.5. The summed E-state index contributed by atoms with van der Waals surface area (Å²) in [7, 11) is 0. The molecular formula is C15H21ClO2. The van der Waals surface area contributed by atoms with Crippen LogP contribution in [-0.4, -0.2) is 19.1 Å². The maximum Gasteiger partial charge on any atom is 0.119 e. The summed E-state index contributed by atoms with van der Waals surface area (Å²) < 4.78 is 11.4. The molecule has 1 aliphatic rings. The van der Waals surface area contributed by atoms with E-state index >= 15 is 0 Å². The molecule has 1 heterocycles. The molecule has 0 radical (unpaired) electrons. The van der Waals surface area contributed by atoms with Crippen molar-refractivity contribution in [1.29, 1.82) is 0 Å². The summed E-state index contributed by atoms with van der Waals surface area (Å²) in [4.78, 5) is 0. The molecule has 0 saturated carbocycles. The summed E-state index contributed by atoms with van der Waals surface area (Å²) in [6.07, 6.45) is 3.45. The van der Waals surface area contributed by atoms with Gasteiger partial charge in [0.2, 0.25) is 0 Å². The van der Waals surface area contributed by atoms with Gasteiger partial charge in [0.15, 0.2) is 0 Å². The van der Waals surface area contributed by atoms with E-state index in [4.69, 9.17) is 21.1 Å². The van der Waals surface area contributed by atoms with Gasteiger partial charge in [-0.05, 0) is 37.0 Å². The van der Waals surface area contributed by atoms with E-state index in [0.29, 0.717) is 11.8 Å². The fourth-order valence-electron chi connectivity index (χ4n) is 2.34. The third kappa shape index (κ3) is 3.39. The molecule has 0 amide bonds. The van der Waals surface area contributed by atoms with Crippen molar-refractivity contribution in [2.24, 2.45) is 5.92 Å². The van der Waals surface area contributed by atoms with Gasteiger partial charge in [0, 0.05) is 18.4 Å². The Hall–Kier alpha value is -0.730. The Balaban J connectivity index is 2.03. The molecule has 1 aromatic rings. The van der Waals surface area contributed by atoms with Gasteiger partial charge in [-0.2, -0.15) is 0 Å². The standard InChI is InChI=1S/C15H21ClO2/c1-2-9-17-14-7-5-12(6-8-14)15-13(11-16)4-3-10-18-15/h5-8,13,15H,2-4,9-11H2,1H3. The van der Waals surface area contributed by atoms with Crippen LogP contribution in [0.25, 0.3) is 0 Å². The van der Waals surface area contributed by atoms with E-state index in [1.807, 2.05) is 12.1 Å². The molecule has 2 atom stereocenters. The third-order valence-corrected chi connectivity index (χ3v) is 3.72. The molecule has 1 aliphatic heterocycles. The van der Waals surface area contributed by atoms with Crippen molar-refractivity contribution in [3.8, 4) is 5.75 Å². The predicted octanol–water partition coefficient (Wildman–Crippen LogP) is 4.18. The van der Waals surface area contributed by atoms with E-state index in [2.05, 4.69) is 19.1 Å². The lowest BCUT2D eigenvalue weighted by Crippen LogP contribution is -2.23. The molecule has 2 unspecified atom stereocenters. The highest BCUT2D eigenvalue weighted by Crippen LogP contribution is 2.34. The Labute approximate surface area is 114 Å². The second kappa shape index (κ2) is 7.01. The van der Waals surface area contributed by atoms with Crippen LogP contribution in [0, 0.1) is 5.92 Å². The molecule has 2 rings (SSSR count). The lowest BCUT2D eigenvalue weighted by molar-refractivity contribution is -0.0208. The molecule has 3 heteroatoms. The molecular weight excluding hydrogens is 248 g/mol. The summed E-state index contributed by atoms with van der Waals surface area (Å²) in [6, 6.07) is 8.24. The van der Waals surface area contributed by atoms with Crippen molar-refractivity contribution in [3.05, 3.63) is 29.8 Å². The van der Waals surface area contributed by atoms with Crippen molar-refractivity contribution in [2.75, 3.05) is 19.1 Å². The van der Waals surface area contributed by atoms with Gasteiger partial charge >= 0.3 is 0 Å². The highest BCUT2D eigenvalue weighted by molar-refractivity contribution is 6.18. The summed E-state index contributed by atoms with van der Waals surface area (Å²) in [6.45, 7) is 3.71. The first kappa shape index (κ1) is 13.7. The monoisotopic (exact) mass is 268 g/mol. The van der Waals surface area contributed by atoms with Gasteiger partial charge in [-0.25, -0.2) is 0 Å². The number of ether oxygens (including phenoxy) is 2. The van der Waals surface area contributed by atoms with Crippen molar-refractivity contribution in [3.63, 3.8) is 0 Å². The first-order valence-corrected chi connectivity index (χ1v) is 7.29. The normalized spacial score (nSPS) is 23.9. The van der Waals surface area contributed by atoms with E-state index < -0.39 is 0 Å². The fourth-order valence-corrected chi connectivity index (χ4v) is 2.66. The number of rotatable bonds is 5. The second-order valence-corrected chi connectivity index (χ2v) is 5.07. The van der Waals surface area contributed by atoms with Crippen molar-refractivity contribution < 1.29 is 9.47 Å². The fraction of sp³-hybridized carbons (Fsp3) is 0.600. The number of alkyl halides is 1. The van der Waals surface area contributed by atoms with Crippen molar-refractivity contribution >= 4 is 11.6 Å². The van der Waals surface area contributed by atoms with Crippen LogP contribution in [0.4, 0.5) is 0 Å². The average molecular weight is 269 g/mol. The molecule has 1 saturated heterocycles. The van der Waals surface area contributed by atoms with Crippen LogP contribution in [0.5, 0.6) is 5.75 Å². The van der Waals surface area contributed by atoms with E-state index in [1.54, 1.807) is 0 Å². The minimum Gasteiger partial charge on any atom is -0.494 e. The van der Waals surface area contributed by atoms with Crippen LogP contribution >= 0.6 is 11.6 Å². The van der Waals surface area contributed by atoms with Crippen LogP contribution in [0.3, 0.4) is 0 Å². The molecule has 18 heavy (non-hydrogen) atoms. The maximum absolute atomic E-state index is 6.02. The minimum atomic E-state index is 0.150. The molecule has 1 fully saturated rings. The molecule has 1 aromatic carbocycles. The van der Waals surface area contributed by atoms with Gasteiger partial charge in [-0.15, -0.1) is 11.6 Å². The number of halogens is 1. The van der Waals surface area contributed by atoms with Crippen LogP contribution in [0.2, 0.25) is 0 Å². The quantitative estimate of drug-likeness (QED) is 0.746. The zero-order valence-corrected chi connectivity index (χ0v) is 11.7. The second-order valence-electron chi connectivity index (χ2n) is 4.77. The lowest BCUT2D eigenvalue weighted by Gasteiger charge is -2.30. The van der Waals surface area contributed by atoms with E-state index in [9.17, 15) is 0 Å². The van der Waals surface area contributed by atoms with Gasteiger partial charge in [0.1, 0.15) is 5.75 Å². The lowest BCUT2D eigenvalue weighted by atomic mass is 9.91. The predicted molar refractivity (Wildman–Crippen MR) is 74.4 cm³/mol. The van der Waals surface area contributed by atoms with Crippen LogP contribution in [0.15, 0.2) is 24.3 Å². The molecule has 2 nitrogen and oxygen atoms in total. The number of benzene rings is 1. The summed E-state index contributed by atoms with van der Waals surface area (Å²) in [5.41, 5.74) is 1.21. The van der Waals surface area contributed by atoms with Crippen LogP contribution in [0.1, 0.15) is 37.9 Å². The van der Waals surface area contributed by atoms with Gasteiger partial charge in [-0.1, -0.05) is 19.1 Å². The topological polar surface area (TPSA) is 18.5 Å². The highest BCUT2D eigenvalue weighted by Gasteiger charge is 2.26. The summed E-state index contributed by atoms with van der Waals surface area (Å²) in [5, 5.41) is 0. The Kier molecular flexibility index (Phi) is 5.33. The molecule has 0 bridgehead atoms. The SMILES string of the molecule is CCCOc1ccc(C2OCCCC2CCl)cc1. The molecule has 0 spiro atoms. The molecule has 0 aromatic heterocycles. The van der Waals surface area contributed by atoms with Gasteiger partial charge in [0.05, 0.1) is 12.7 Å². The minimum absolute atomic E-state index is 0.150. The Morgan fingerprint density at radius 3 is 2.78 bits per heavy atom. The smallest absolute Gasteiger partial charge is 0.119 e. The Bertz CT molecular complexity index is 350. The van der Waals surface area contributed by atoms with Crippen molar-refractivity contribution in [1.82, 2.24) is 0 Å². The van der Waals surface area contributed by atoms with Gasteiger partial charge < -0.3 is 9.47 Å². The van der Waals surface area contributed by atoms with Crippen LogP contribution in [-0.2, 0) is 4.74 Å². The summed E-state index contributed by atoms with van der Waals surface area (Å²) >= 11 is 6.02. The zero-order valence-electron chi connectivity index (χ0n) is 10.9. The number of hydrogen-bond acceptors (Lipinski definition) is 2. The zero-order chi connectivity index (χ0) is 12.8. The molecule has 0 N–H and O–H groups in total.